The number of rotatable bonds is 8. The van der Waals surface area contributed by atoms with E-state index >= 15 is 0 Å². The summed E-state index contributed by atoms with van der Waals surface area (Å²) in [5.41, 5.74) is 2.10. The number of fused-ring (bicyclic) bond motifs is 1. The van der Waals surface area contributed by atoms with Gasteiger partial charge >= 0.3 is 0 Å². The molecule has 0 fully saturated rings. The number of benzene rings is 3. The Bertz CT molecular complexity index is 1280. The van der Waals surface area contributed by atoms with Crippen molar-refractivity contribution in [3.63, 3.8) is 0 Å². The summed E-state index contributed by atoms with van der Waals surface area (Å²) in [7, 11) is 3.97. The average Bonchev–Trinajstić information content (AvgIpc) is 2.84. The van der Waals surface area contributed by atoms with Crippen molar-refractivity contribution in [3.05, 3.63) is 112 Å². The molecule has 6 heteroatoms. The third-order valence-electron chi connectivity index (χ3n) is 5.57. The second-order valence-corrected chi connectivity index (χ2v) is 8.36. The van der Waals surface area contributed by atoms with E-state index in [2.05, 4.69) is 5.10 Å². The highest BCUT2D eigenvalue weighted by atomic mass is 16.2. The monoisotopic (exact) mass is 440 g/mol. The first-order chi connectivity index (χ1) is 16.0. The molecular formula is C27H28N4O2. The molecule has 0 saturated carbocycles. The minimum atomic E-state index is -0.200. The predicted molar refractivity (Wildman–Crippen MR) is 131 cm³/mol. The summed E-state index contributed by atoms with van der Waals surface area (Å²) in [6.45, 7) is 2.05. The normalized spacial score (nSPS) is 11.1. The van der Waals surface area contributed by atoms with Crippen LogP contribution in [-0.4, -0.2) is 52.7 Å². The van der Waals surface area contributed by atoms with Crippen LogP contribution in [0.4, 0.5) is 0 Å². The molecular weight excluding hydrogens is 412 g/mol. The van der Waals surface area contributed by atoms with E-state index < -0.39 is 0 Å². The molecule has 0 radical (unpaired) electrons. The molecule has 4 rings (SSSR count). The van der Waals surface area contributed by atoms with Crippen molar-refractivity contribution in [2.75, 3.05) is 27.2 Å². The van der Waals surface area contributed by atoms with Gasteiger partial charge in [0.15, 0.2) is 5.69 Å². The second-order valence-electron chi connectivity index (χ2n) is 8.36. The molecule has 0 atom stereocenters. The lowest BCUT2D eigenvalue weighted by atomic mass is 10.1. The minimum Gasteiger partial charge on any atom is -0.332 e. The van der Waals surface area contributed by atoms with Crippen LogP contribution in [0.25, 0.3) is 10.8 Å². The lowest BCUT2D eigenvalue weighted by molar-refractivity contribution is 0.0725. The highest BCUT2D eigenvalue weighted by molar-refractivity contribution is 6.04. The third-order valence-corrected chi connectivity index (χ3v) is 5.57. The fraction of sp³-hybridized carbons (Fsp3) is 0.222. The van der Waals surface area contributed by atoms with Gasteiger partial charge < -0.3 is 9.80 Å². The van der Waals surface area contributed by atoms with Crippen LogP contribution in [0.1, 0.15) is 21.6 Å². The predicted octanol–water partition coefficient (Wildman–Crippen LogP) is 3.65. The van der Waals surface area contributed by atoms with Crippen LogP contribution in [0.15, 0.2) is 89.7 Å². The first kappa shape index (κ1) is 22.4. The summed E-state index contributed by atoms with van der Waals surface area (Å²) < 4.78 is 1.40. The number of aromatic nitrogens is 2. The van der Waals surface area contributed by atoms with Crippen molar-refractivity contribution in [1.29, 1.82) is 0 Å². The van der Waals surface area contributed by atoms with Gasteiger partial charge in [-0.25, -0.2) is 4.68 Å². The highest BCUT2D eigenvalue weighted by Crippen LogP contribution is 2.17. The van der Waals surface area contributed by atoms with E-state index in [0.717, 1.165) is 17.7 Å². The Labute approximate surface area is 193 Å². The summed E-state index contributed by atoms with van der Waals surface area (Å²) in [6.07, 6.45) is 0. The molecule has 0 aliphatic heterocycles. The van der Waals surface area contributed by atoms with Gasteiger partial charge in [-0.3, -0.25) is 9.59 Å². The Morgan fingerprint density at radius 1 is 0.788 bits per heavy atom. The Morgan fingerprint density at radius 3 is 2.00 bits per heavy atom. The molecule has 1 aromatic heterocycles. The maximum Gasteiger partial charge on any atom is 0.275 e. The van der Waals surface area contributed by atoms with Gasteiger partial charge in [0.2, 0.25) is 0 Å². The number of likely N-dealkylation sites (N-methyl/N-ethyl adjacent to an activating group) is 1. The van der Waals surface area contributed by atoms with E-state index in [1.54, 1.807) is 17.0 Å². The van der Waals surface area contributed by atoms with Crippen molar-refractivity contribution in [2.45, 2.75) is 13.1 Å². The van der Waals surface area contributed by atoms with Crippen LogP contribution in [0.3, 0.4) is 0 Å². The molecule has 0 unspecified atom stereocenters. The maximum absolute atomic E-state index is 13.8. The standard InChI is InChI=1S/C27H28N4O2/c1-29(2)17-18-30(19-21-11-5-3-6-12-21)27(33)25-23-15-9-10-16-24(23)26(32)31(28-25)20-22-13-7-4-8-14-22/h3-16H,17-20H2,1-2H3. The number of carbonyl (C=O) groups excluding carboxylic acids is 1. The van der Waals surface area contributed by atoms with Gasteiger partial charge in [-0.1, -0.05) is 78.9 Å². The Hall–Kier alpha value is -3.77. The Kier molecular flexibility index (Phi) is 6.95. The van der Waals surface area contributed by atoms with Crippen LogP contribution >= 0.6 is 0 Å². The largest absolute Gasteiger partial charge is 0.332 e. The fourth-order valence-electron chi connectivity index (χ4n) is 3.78. The van der Waals surface area contributed by atoms with Gasteiger partial charge in [-0.2, -0.15) is 5.10 Å². The lowest BCUT2D eigenvalue weighted by Gasteiger charge is -2.25. The fourth-order valence-corrected chi connectivity index (χ4v) is 3.78. The van der Waals surface area contributed by atoms with Crippen LogP contribution in [0.5, 0.6) is 0 Å². The molecule has 0 N–H and O–H groups in total. The van der Waals surface area contributed by atoms with Crippen LogP contribution in [-0.2, 0) is 13.1 Å². The van der Waals surface area contributed by atoms with E-state index in [0.29, 0.717) is 36.1 Å². The number of carbonyl (C=O) groups is 1. The zero-order chi connectivity index (χ0) is 23.2. The number of nitrogens with zero attached hydrogens (tertiary/aromatic N) is 4. The average molecular weight is 441 g/mol. The lowest BCUT2D eigenvalue weighted by Crippen LogP contribution is -2.38. The zero-order valence-corrected chi connectivity index (χ0v) is 19.0. The van der Waals surface area contributed by atoms with Gasteiger partial charge in [-0.05, 0) is 31.3 Å². The Morgan fingerprint density at radius 2 is 1.36 bits per heavy atom. The quantitative estimate of drug-likeness (QED) is 0.420. The number of hydrogen-bond donors (Lipinski definition) is 0. The summed E-state index contributed by atoms with van der Waals surface area (Å²) in [6, 6.07) is 26.8. The molecule has 0 spiro atoms. The molecule has 33 heavy (non-hydrogen) atoms. The molecule has 4 aromatic rings. The summed E-state index contributed by atoms with van der Waals surface area (Å²) in [5.74, 6) is -0.182. The van der Waals surface area contributed by atoms with E-state index in [4.69, 9.17) is 0 Å². The van der Waals surface area contributed by atoms with Crippen molar-refractivity contribution in [2.24, 2.45) is 0 Å². The molecule has 3 aromatic carbocycles. The SMILES string of the molecule is CN(C)CCN(Cc1ccccc1)C(=O)c1nn(Cc2ccccc2)c(=O)c2ccccc12. The molecule has 0 saturated heterocycles. The zero-order valence-electron chi connectivity index (χ0n) is 19.0. The van der Waals surface area contributed by atoms with Crippen LogP contribution in [0, 0.1) is 0 Å². The summed E-state index contributed by atoms with van der Waals surface area (Å²) >= 11 is 0. The van der Waals surface area contributed by atoms with Gasteiger partial charge in [0.1, 0.15) is 0 Å². The van der Waals surface area contributed by atoms with Crippen molar-refractivity contribution in [3.8, 4) is 0 Å². The first-order valence-electron chi connectivity index (χ1n) is 11.0. The molecule has 1 heterocycles. The molecule has 168 valence electrons. The van der Waals surface area contributed by atoms with Gasteiger partial charge in [0.05, 0.1) is 11.9 Å². The highest BCUT2D eigenvalue weighted by Gasteiger charge is 2.22. The van der Waals surface area contributed by atoms with Crippen LogP contribution < -0.4 is 5.56 Å². The van der Waals surface area contributed by atoms with Gasteiger partial charge in [0.25, 0.3) is 11.5 Å². The third kappa shape index (κ3) is 5.35. The molecule has 0 bridgehead atoms. The van der Waals surface area contributed by atoms with Crippen molar-refractivity contribution in [1.82, 2.24) is 19.6 Å². The minimum absolute atomic E-state index is 0.182. The smallest absolute Gasteiger partial charge is 0.275 e. The first-order valence-corrected chi connectivity index (χ1v) is 11.0. The van der Waals surface area contributed by atoms with Gasteiger partial charge in [-0.15, -0.1) is 0 Å². The maximum atomic E-state index is 13.8. The van der Waals surface area contributed by atoms with Crippen LogP contribution in [0.2, 0.25) is 0 Å². The van der Waals surface area contributed by atoms with Gasteiger partial charge in [0, 0.05) is 25.0 Å². The summed E-state index contributed by atoms with van der Waals surface area (Å²) in [4.78, 5) is 30.8. The molecule has 1 amide bonds. The number of hydrogen-bond acceptors (Lipinski definition) is 4. The van der Waals surface area contributed by atoms with E-state index in [1.165, 1.54) is 4.68 Å². The van der Waals surface area contributed by atoms with Crippen molar-refractivity contribution < 1.29 is 4.79 Å². The molecule has 6 nitrogen and oxygen atoms in total. The molecule has 0 aliphatic carbocycles. The summed E-state index contributed by atoms with van der Waals surface area (Å²) in [5, 5.41) is 5.67. The van der Waals surface area contributed by atoms with Crippen molar-refractivity contribution >= 4 is 16.7 Å². The topological polar surface area (TPSA) is 58.4 Å². The van der Waals surface area contributed by atoms with E-state index in [1.807, 2.05) is 91.8 Å². The second kappa shape index (κ2) is 10.2. The van der Waals surface area contributed by atoms with E-state index in [-0.39, 0.29) is 11.5 Å². The number of amides is 1. The van der Waals surface area contributed by atoms with E-state index in [9.17, 15) is 9.59 Å². The Balaban J connectivity index is 1.77. The molecule has 0 aliphatic rings.